The Kier molecular flexibility index (Phi) is 4.55. The average Bonchev–Trinajstić information content (AvgIpc) is 2.87. The van der Waals surface area contributed by atoms with Crippen molar-refractivity contribution in [2.24, 2.45) is 0 Å². The van der Waals surface area contributed by atoms with Crippen molar-refractivity contribution in [3.05, 3.63) is 10.6 Å². The van der Waals surface area contributed by atoms with Crippen LogP contribution in [0.1, 0.15) is 0 Å². The third-order valence-electron chi connectivity index (χ3n) is 1.37. The lowest BCUT2D eigenvalue weighted by atomic mass is 11.3. The Morgan fingerprint density at radius 1 is 0.941 bits per heavy atom. The molecular weight excluding hydrogens is 347 g/mol. The SMILES string of the molecule is O=S(CS(=O)c1nc(Cl)ns1)c1nc(Cl)ns1. The van der Waals surface area contributed by atoms with E-state index in [0.29, 0.717) is 0 Å². The molecule has 0 amide bonds. The van der Waals surface area contributed by atoms with E-state index >= 15 is 0 Å². The van der Waals surface area contributed by atoms with Gasteiger partial charge in [-0.1, -0.05) is 0 Å². The van der Waals surface area contributed by atoms with Crippen molar-refractivity contribution in [2.45, 2.75) is 8.68 Å². The van der Waals surface area contributed by atoms with Crippen molar-refractivity contribution in [3.63, 3.8) is 0 Å². The van der Waals surface area contributed by atoms with E-state index in [1.165, 1.54) is 0 Å². The van der Waals surface area contributed by atoms with Gasteiger partial charge in [-0.25, -0.2) is 0 Å². The fraction of sp³-hybridized carbons (Fsp3) is 0.200. The molecular formula is C5H2Cl2N4O2S4. The molecule has 2 aromatic rings. The summed E-state index contributed by atoms with van der Waals surface area (Å²) in [6.45, 7) is 0. The summed E-state index contributed by atoms with van der Waals surface area (Å²) in [7, 11) is -3.06. The Morgan fingerprint density at radius 2 is 1.35 bits per heavy atom. The van der Waals surface area contributed by atoms with Crippen LogP contribution in [0, 0.1) is 0 Å². The second-order valence-corrected chi connectivity index (χ2v) is 8.26. The topological polar surface area (TPSA) is 85.7 Å². The second kappa shape index (κ2) is 5.76. The molecule has 0 fully saturated rings. The van der Waals surface area contributed by atoms with E-state index in [4.69, 9.17) is 23.2 Å². The van der Waals surface area contributed by atoms with Gasteiger partial charge in [0.15, 0.2) is 0 Å². The molecule has 0 spiro atoms. The fourth-order valence-corrected chi connectivity index (χ4v) is 5.70. The van der Waals surface area contributed by atoms with Crippen LogP contribution in [-0.4, -0.2) is 32.2 Å². The largest absolute Gasteiger partial charge is 0.251 e. The molecule has 6 nitrogen and oxygen atoms in total. The van der Waals surface area contributed by atoms with Crippen LogP contribution < -0.4 is 0 Å². The van der Waals surface area contributed by atoms with E-state index < -0.39 is 21.6 Å². The number of nitrogens with zero attached hydrogens (tertiary/aromatic N) is 4. The molecule has 12 heteroatoms. The molecule has 0 saturated heterocycles. The van der Waals surface area contributed by atoms with Crippen LogP contribution >= 0.6 is 46.3 Å². The predicted molar refractivity (Wildman–Crippen MR) is 67.5 cm³/mol. The molecule has 2 aromatic heterocycles. The predicted octanol–water partition coefficient (Wildman–Crippen LogP) is 1.57. The van der Waals surface area contributed by atoms with Gasteiger partial charge in [-0.3, -0.25) is 8.42 Å². The molecule has 0 bridgehead atoms. The highest BCUT2D eigenvalue weighted by Gasteiger charge is 2.17. The lowest BCUT2D eigenvalue weighted by Crippen LogP contribution is -2.05. The van der Waals surface area contributed by atoms with Gasteiger partial charge in [0.05, 0.1) is 21.6 Å². The minimum absolute atomic E-state index is 0.0306. The van der Waals surface area contributed by atoms with Gasteiger partial charge in [0.2, 0.25) is 19.2 Å². The quantitative estimate of drug-likeness (QED) is 0.833. The van der Waals surface area contributed by atoms with Crippen LogP contribution in [0.4, 0.5) is 0 Å². The van der Waals surface area contributed by atoms with E-state index in [1.807, 2.05) is 0 Å². The second-order valence-electron chi connectivity index (χ2n) is 2.47. The van der Waals surface area contributed by atoms with Crippen LogP contribution in [0.25, 0.3) is 0 Å². The van der Waals surface area contributed by atoms with E-state index in [-0.39, 0.29) is 24.3 Å². The molecule has 0 saturated carbocycles. The van der Waals surface area contributed by atoms with Gasteiger partial charge in [0.1, 0.15) is 5.08 Å². The van der Waals surface area contributed by atoms with Crippen molar-refractivity contribution in [1.82, 2.24) is 18.7 Å². The molecule has 0 aliphatic heterocycles. The van der Waals surface area contributed by atoms with Gasteiger partial charge in [0.25, 0.3) is 0 Å². The van der Waals surface area contributed by atoms with Crippen molar-refractivity contribution < 1.29 is 8.42 Å². The Hall–Kier alpha value is -0.000000000000000194. The fourth-order valence-electron chi connectivity index (χ4n) is 0.769. The number of aromatic nitrogens is 4. The summed E-state index contributed by atoms with van der Waals surface area (Å²) in [5.41, 5.74) is 0. The first-order chi connectivity index (χ1) is 8.06. The van der Waals surface area contributed by atoms with Crippen LogP contribution in [-0.2, 0) is 21.6 Å². The molecule has 0 aliphatic rings. The number of hydrogen-bond donors (Lipinski definition) is 0. The molecule has 92 valence electrons. The van der Waals surface area contributed by atoms with Gasteiger partial charge >= 0.3 is 0 Å². The highest BCUT2D eigenvalue weighted by atomic mass is 35.5. The first-order valence-electron chi connectivity index (χ1n) is 3.81. The van der Waals surface area contributed by atoms with Crippen LogP contribution in [0.2, 0.25) is 10.6 Å². The molecule has 2 atom stereocenters. The summed E-state index contributed by atoms with van der Waals surface area (Å²) in [6.07, 6.45) is 0. The summed E-state index contributed by atoms with van der Waals surface area (Å²) >= 11 is 12.8. The van der Waals surface area contributed by atoms with Crippen molar-refractivity contribution in [1.29, 1.82) is 0 Å². The third-order valence-corrected chi connectivity index (χ3v) is 7.17. The third kappa shape index (κ3) is 3.48. The van der Waals surface area contributed by atoms with Crippen LogP contribution in [0.3, 0.4) is 0 Å². The highest BCUT2D eigenvalue weighted by molar-refractivity contribution is 8.03. The van der Waals surface area contributed by atoms with E-state index in [0.717, 1.165) is 23.1 Å². The molecule has 2 unspecified atom stereocenters. The summed E-state index contributed by atoms with van der Waals surface area (Å²) in [6, 6.07) is 0. The number of halogens is 2. The smallest absolute Gasteiger partial charge is 0.235 e. The maximum absolute atomic E-state index is 11.7. The zero-order valence-electron chi connectivity index (χ0n) is 7.70. The standard InChI is InChI=1S/C5H2Cl2N4O2S4/c6-2-8-4(14-10-2)16(12)1-17(13)5-9-3(7)11-15-5/h1H2. The van der Waals surface area contributed by atoms with Crippen molar-refractivity contribution >= 4 is 67.9 Å². The van der Waals surface area contributed by atoms with Crippen LogP contribution in [0.15, 0.2) is 8.68 Å². The maximum atomic E-state index is 11.7. The molecule has 17 heavy (non-hydrogen) atoms. The first kappa shape index (κ1) is 13.4. The molecule has 0 aliphatic carbocycles. The van der Waals surface area contributed by atoms with Crippen LogP contribution in [0.5, 0.6) is 0 Å². The summed E-state index contributed by atoms with van der Waals surface area (Å²) < 4.78 is 31.3. The highest BCUT2D eigenvalue weighted by Crippen LogP contribution is 2.18. The summed E-state index contributed by atoms with van der Waals surface area (Å²) in [4.78, 5) is 7.48. The minimum atomic E-state index is -1.53. The van der Waals surface area contributed by atoms with E-state index in [1.54, 1.807) is 0 Å². The Balaban J connectivity index is 2.07. The molecule has 0 radical (unpaired) electrons. The summed E-state index contributed by atoms with van der Waals surface area (Å²) in [5, 5.41) is -0.0667. The molecule has 0 aromatic carbocycles. The van der Waals surface area contributed by atoms with Gasteiger partial charge in [-0.15, -0.1) is 0 Å². The van der Waals surface area contributed by atoms with Crippen molar-refractivity contribution in [2.75, 3.05) is 5.08 Å². The van der Waals surface area contributed by atoms with E-state index in [2.05, 4.69) is 18.7 Å². The molecule has 0 N–H and O–H groups in total. The van der Waals surface area contributed by atoms with Gasteiger partial charge < -0.3 is 0 Å². The summed E-state index contributed by atoms with van der Waals surface area (Å²) in [5.74, 6) is 0. The number of rotatable bonds is 4. The Labute approximate surface area is 119 Å². The first-order valence-corrected chi connectivity index (χ1v) is 8.75. The Morgan fingerprint density at radius 3 is 1.65 bits per heavy atom. The molecule has 2 rings (SSSR count). The minimum Gasteiger partial charge on any atom is -0.251 e. The normalized spacial score (nSPS) is 14.7. The number of hydrogen-bond acceptors (Lipinski definition) is 8. The van der Waals surface area contributed by atoms with Crippen molar-refractivity contribution in [3.8, 4) is 0 Å². The lowest BCUT2D eigenvalue weighted by molar-refractivity contribution is 0.678. The Bertz CT molecular complexity index is 534. The van der Waals surface area contributed by atoms with Gasteiger partial charge in [-0.2, -0.15) is 18.7 Å². The zero-order chi connectivity index (χ0) is 12.4. The zero-order valence-corrected chi connectivity index (χ0v) is 12.5. The maximum Gasteiger partial charge on any atom is 0.235 e. The average molecular weight is 349 g/mol. The van der Waals surface area contributed by atoms with E-state index in [9.17, 15) is 8.42 Å². The lowest BCUT2D eigenvalue weighted by Gasteiger charge is -1.94. The monoisotopic (exact) mass is 348 g/mol. The van der Waals surface area contributed by atoms with Gasteiger partial charge in [-0.05, 0) is 46.3 Å². The van der Waals surface area contributed by atoms with Gasteiger partial charge in [0, 0.05) is 0 Å². The molecule has 2 heterocycles.